The molecule has 0 unspecified atom stereocenters. The van der Waals surface area contributed by atoms with Gasteiger partial charge in [-0.3, -0.25) is 0 Å². The summed E-state index contributed by atoms with van der Waals surface area (Å²) in [5.74, 6) is 0. The largest absolute Gasteiger partial charge is 0.355 e. The molecule has 2 aromatic carbocycles. The molecule has 36 heavy (non-hydrogen) atoms. The molecule has 5 heterocycles. The second-order valence-electron chi connectivity index (χ2n) is 8.97. The summed E-state index contributed by atoms with van der Waals surface area (Å²) in [5.41, 5.74) is 12.2. The number of H-pyrrole nitrogens is 2. The molecule has 170 valence electrons. The van der Waals surface area contributed by atoms with Gasteiger partial charge in [0, 0.05) is 33.2 Å². The zero-order valence-electron chi connectivity index (χ0n) is 19.4. The van der Waals surface area contributed by atoms with Gasteiger partial charge in [-0.2, -0.15) is 0 Å². The fourth-order valence-electron chi connectivity index (χ4n) is 4.84. The van der Waals surface area contributed by atoms with Gasteiger partial charge < -0.3 is 9.97 Å². The third kappa shape index (κ3) is 3.75. The van der Waals surface area contributed by atoms with Crippen molar-refractivity contribution in [2.45, 2.75) is 0 Å². The van der Waals surface area contributed by atoms with E-state index in [0.717, 1.165) is 61.5 Å². The number of hydrogen-bond acceptors (Lipinski definition) is 2. The molecule has 0 radical (unpaired) electrons. The fourth-order valence-corrected chi connectivity index (χ4v) is 4.84. The van der Waals surface area contributed by atoms with E-state index >= 15 is 0 Å². The first kappa shape index (κ1) is 20.4. The van der Waals surface area contributed by atoms with E-state index in [1.54, 1.807) is 0 Å². The minimum atomic E-state index is 0.901. The van der Waals surface area contributed by atoms with Crippen molar-refractivity contribution in [2.75, 3.05) is 0 Å². The normalized spacial score (nSPS) is 12.2. The van der Waals surface area contributed by atoms with Crippen molar-refractivity contribution in [3.63, 3.8) is 0 Å². The Bertz CT molecular complexity index is 1820. The van der Waals surface area contributed by atoms with E-state index in [9.17, 15) is 0 Å². The van der Waals surface area contributed by atoms with Crippen LogP contribution in [-0.4, -0.2) is 19.9 Å². The molecule has 8 bridgehead atoms. The Balaban J connectivity index is 1.57. The lowest BCUT2D eigenvalue weighted by Gasteiger charge is -2.04. The van der Waals surface area contributed by atoms with Crippen LogP contribution in [0.2, 0.25) is 0 Å². The van der Waals surface area contributed by atoms with Gasteiger partial charge in [0.15, 0.2) is 0 Å². The van der Waals surface area contributed by atoms with E-state index in [1.807, 2.05) is 12.1 Å². The molecule has 2 aliphatic heterocycles. The summed E-state index contributed by atoms with van der Waals surface area (Å²) >= 11 is 0. The smallest absolute Gasteiger partial charge is 0.0737 e. The van der Waals surface area contributed by atoms with Crippen LogP contribution in [-0.2, 0) is 0 Å². The van der Waals surface area contributed by atoms with E-state index in [2.05, 4.69) is 119 Å². The van der Waals surface area contributed by atoms with Crippen LogP contribution in [0.1, 0.15) is 22.8 Å². The van der Waals surface area contributed by atoms with E-state index in [1.165, 1.54) is 5.56 Å². The molecular weight excluding hydrogens is 440 g/mol. The maximum absolute atomic E-state index is 5.00. The molecule has 7 rings (SSSR count). The summed E-state index contributed by atoms with van der Waals surface area (Å²) in [7, 11) is 0. The first-order valence-electron chi connectivity index (χ1n) is 12.0. The topological polar surface area (TPSA) is 57.4 Å². The van der Waals surface area contributed by atoms with Crippen molar-refractivity contribution in [2.24, 2.45) is 0 Å². The molecule has 0 aliphatic carbocycles. The van der Waals surface area contributed by atoms with E-state index in [0.29, 0.717) is 0 Å². The minimum absolute atomic E-state index is 0.901. The maximum atomic E-state index is 5.00. The highest BCUT2D eigenvalue weighted by molar-refractivity contribution is 5.90. The van der Waals surface area contributed by atoms with Crippen molar-refractivity contribution in [3.05, 3.63) is 120 Å². The molecule has 0 saturated heterocycles. The van der Waals surface area contributed by atoms with Crippen LogP contribution in [0.15, 0.2) is 97.1 Å². The third-order valence-corrected chi connectivity index (χ3v) is 6.49. The van der Waals surface area contributed by atoms with Crippen molar-refractivity contribution in [3.8, 4) is 22.3 Å². The molecule has 4 nitrogen and oxygen atoms in total. The number of nitrogens with one attached hydrogen (secondary N) is 2. The lowest BCUT2D eigenvalue weighted by atomic mass is 10.0. The predicted octanol–water partition coefficient (Wildman–Crippen LogP) is 7.99. The summed E-state index contributed by atoms with van der Waals surface area (Å²) in [6, 6.07) is 33.5. The first-order chi connectivity index (χ1) is 17.8. The Morgan fingerprint density at radius 3 is 1.72 bits per heavy atom. The van der Waals surface area contributed by atoms with Crippen LogP contribution >= 0.6 is 0 Å². The van der Waals surface area contributed by atoms with Crippen molar-refractivity contribution >= 4 is 46.4 Å². The van der Waals surface area contributed by atoms with Gasteiger partial charge in [-0.15, -0.1) is 0 Å². The van der Waals surface area contributed by atoms with Gasteiger partial charge in [-0.1, -0.05) is 60.7 Å². The average molecular weight is 463 g/mol. The predicted molar refractivity (Wildman–Crippen MR) is 150 cm³/mol. The first-order valence-corrected chi connectivity index (χ1v) is 12.0. The lowest BCUT2D eigenvalue weighted by molar-refractivity contribution is 1.28. The minimum Gasteiger partial charge on any atom is -0.355 e. The zero-order valence-corrected chi connectivity index (χ0v) is 19.4. The van der Waals surface area contributed by atoms with Gasteiger partial charge in [0.25, 0.3) is 0 Å². The number of hydrogen-bond donors (Lipinski definition) is 2. The van der Waals surface area contributed by atoms with Gasteiger partial charge >= 0.3 is 0 Å². The molecule has 2 N–H and O–H groups in total. The van der Waals surface area contributed by atoms with Gasteiger partial charge in [0.1, 0.15) is 0 Å². The van der Waals surface area contributed by atoms with E-state index in [4.69, 9.17) is 9.97 Å². The van der Waals surface area contributed by atoms with Crippen LogP contribution < -0.4 is 0 Å². The molecular formula is C32H22N4. The number of aromatic nitrogens is 4. The maximum Gasteiger partial charge on any atom is 0.0737 e. The van der Waals surface area contributed by atoms with Crippen LogP contribution in [0.4, 0.5) is 0 Å². The van der Waals surface area contributed by atoms with Crippen LogP contribution in [0.3, 0.4) is 0 Å². The van der Waals surface area contributed by atoms with Gasteiger partial charge in [0.2, 0.25) is 0 Å². The standard InChI is InChI=1S/C32H22N4/c1-3-7-21(8-4-1)28-19-27-18-25-14-16-30(35-25)32(22-9-5-2-6-10-22)29-15-13-24(34-29)17-23-11-12-26(33-23)20-31(28)36-27/h1-20,33,36H. The lowest BCUT2D eigenvalue weighted by Crippen LogP contribution is -1.88. The van der Waals surface area contributed by atoms with Gasteiger partial charge in [0.05, 0.1) is 22.8 Å². The molecule has 2 aliphatic rings. The summed E-state index contributed by atoms with van der Waals surface area (Å²) in [6.45, 7) is 0. The number of aromatic amines is 2. The van der Waals surface area contributed by atoms with Crippen molar-refractivity contribution < 1.29 is 0 Å². The molecule has 5 aromatic rings. The van der Waals surface area contributed by atoms with E-state index in [-0.39, 0.29) is 0 Å². The number of rotatable bonds is 2. The summed E-state index contributed by atoms with van der Waals surface area (Å²) < 4.78 is 0. The Labute approximate surface area is 208 Å². The summed E-state index contributed by atoms with van der Waals surface area (Å²) in [5, 5.41) is 0. The number of benzene rings is 2. The molecule has 0 atom stereocenters. The SMILES string of the molecule is C1=Cc2nc1cc1ccc(cc3[nH]c(cc4nc(c2-c2ccccc2)C=C4)cc3-c2ccccc2)[nH]1. The summed E-state index contributed by atoms with van der Waals surface area (Å²) in [4.78, 5) is 17.1. The summed E-state index contributed by atoms with van der Waals surface area (Å²) in [6.07, 6.45) is 8.27. The molecule has 3 aromatic heterocycles. The highest BCUT2D eigenvalue weighted by Crippen LogP contribution is 2.31. The zero-order chi connectivity index (χ0) is 23.9. The van der Waals surface area contributed by atoms with Crippen molar-refractivity contribution in [1.82, 2.24) is 19.9 Å². The quantitative estimate of drug-likeness (QED) is 0.273. The Kier molecular flexibility index (Phi) is 4.74. The monoisotopic (exact) mass is 462 g/mol. The van der Waals surface area contributed by atoms with Crippen molar-refractivity contribution in [1.29, 1.82) is 0 Å². The number of nitrogens with zero attached hydrogens (tertiary/aromatic N) is 2. The molecule has 0 spiro atoms. The fraction of sp³-hybridized carbons (Fsp3) is 0. The van der Waals surface area contributed by atoms with E-state index < -0.39 is 0 Å². The van der Waals surface area contributed by atoms with Gasteiger partial charge in [-0.05, 0) is 71.8 Å². The third-order valence-electron chi connectivity index (χ3n) is 6.49. The average Bonchev–Trinajstić information content (AvgIpc) is 3.71. The second kappa shape index (κ2) is 8.36. The van der Waals surface area contributed by atoms with Crippen LogP contribution in [0, 0.1) is 0 Å². The Morgan fingerprint density at radius 1 is 0.472 bits per heavy atom. The second-order valence-corrected chi connectivity index (χ2v) is 8.97. The van der Waals surface area contributed by atoms with Crippen LogP contribution in [0.5, 0.6) is 0 Å². The Hall–Kier alpha value is -4.96. The number of fused-ring (bicyclic) bond motifs is 8. The molecule has 4 heteroatoms. The molecule has 0 saturated carbocycles. The molecule has 0 fully saturated rings. The highest BCUT2D eigenvalue weighted by Gasteiger charge is 2.14. The highest BCUT2D eigenvalue weighted by atomic mass is 14.8. The Morgan fingerprint density at radius 2 is 1.06 bits per heavy atom. The van der Waals surface area contributed by atoms with Crippen LogP contribution in [0.25, 0.3) is 68.6 Å². The molecule has 0 amide bonds. The van der Waals surface area contributed by atoms with Gasteiger partial charge in [-0.25, -0.2) is 9.97 Å².